The molecule has 0 aliphatic carbocycles. The normalized spacial score (nSPS) is 12.4. The molecule has 0 amide bonds. The molecule has 5 rings (SSSR count). The fourth-order valence-electron chi connectivity index (χ4n) is 4.30. The highest BCUT2D eigenvalue weighted by Crippen LogP contribution is 2.30. The maximum absolute atomic E-state index is 12.0. The van der Waals surface area contributed by atoms with Crippen LogP contribution in [-0.4, -0.2) is 16.6 Å². The summed E-state index contributed by atoms with van der Waals surface area (Å²) in [5.74, 6) is 0.285. The third kappa shape index (κ3) is 3.83. The first-order chi connectivity index (χ1) is 15.2. The summed E-state index contributed by atoms with van der Waals surface area (Å²) in [5, 5.41) is 14.0. The molecule has 0 unspecified atom stereocenters. The fraction of sp³-hybridized carbons (Fsp3) is 0.115. The van der Waals surface area contributed by atoms with Crippen LogP contribution in [0.1, 0.15) is 22.6 Å². The van der Waals surface area contributed by atoms with Gasteiger partial charge in [-0.05, 0) is 29.3 Å². The predicted octanol–water partition coefficient (Wildman–Crippen LogP) is 3.88. The highest BCUT2D eigenvalue weighted by Gasteiger charge is 2.20. The van der Waals surface area contributed by atoms with Gasteiger partial charge in [-0.3, -0.25) is 0 Å². The third-order valence-corrected chi connectivity index (χ3v) is 5.78. The number of rotatable bonds is 6. The maximum Gasteiger partial charge on any atom is 0.336 e. The second-order valence-corrected chi connectivity index (χ2v) is 7.75. The molecule has 1 atom stereocenters. The lowest BCUT2D eigenvalue weighted by Gasteiger charge is -2.16. The lowest BCUT2D eigenvalue weighted by Crippen LogP contribution is -2.83. The Morgan fingerprint density at radius 3 is 2.61 bits per heavy atom. The Kier molecular flexibility index (Phi) is 5.02. The van der Waals surface area contributed by atoms with Gasteiger partial charge in [0.1, 0.15) is 17.9 Å². The van der Waals surface area contributed by atoms with Crippen molar-refractivity contribution in [1.29, 1.82) is 0 Å². The largest absolute Gasteiger partial charge is 0.508 e. The van der Waals surface area contributed by atoms with Crippen LogP contribution < -0.4 is 10.9 Å². The van der Waals surface area contributed by atoms with Crippen LogP contribution in [0.3, 0.4) is 0 Å². The van der Waals surface area contributed by atoms with Gasteiger partial charge in [-0.25, -0.2) is 4.79 Å². The number of hydrogen-bond donors (Lipinski definition) is 3. The lowest BCUT2D eigenvalue weighted by atomic mass is 9.91. The van der Waals surface area contributed by atoms with E-state index in [1.807, 2.05) is 12.1 Å². The third-order valence-electron chi connectivity index (χ3n) is 5.78. The minimum atomic E-state index is -0.405. The Labute approximate surface area is 179 Å². The molecular weight excluding hydrogens is 388 g/mol. The van der Waals surface area contributed by atoms with E-state index in [0.29, 0.717) is 12.1 Å². The molecule has 5 aromatic rings. The summed E-state index contributed by atoms with van der Waals surface area (Å²) in [5.41, 5.74) is 4.55. The molecule has 0 fully saturated rings. The zero-order valence-electron chi connectivity index (χ0n) is 16.9. The molecule has 0 aliphatic rings. The molecule has 0 aliphatic heterocycles. The zero-order valence-corrected chi connectivity index (χ0v) is 16.9. The Hall–Kier alpha value is -3.83. The van der Waals surface area contributed by atoms with Gasteiger partial charge in [0.05, 0.1) is 12.5 Å². The van der Waals surface area contributed by atoms with Crippen LogP contribution in [0.5, 0.6) is 5.75 Å². The minimum Gasteiger partial charge on any atom is -0.508 e. The molecule has 154 valence electrons. The van der Waals surface area contributed by atoms with E-state index < -0.39 is 5.63 Å². The summed E-state index contributed by atoms with van der Waals surface area (Å²) in [6.45, 7) is 1.46. The number of nitrogens with two attached hydrogens (primary N) is 1. The van der Waals surface area contributed by atoms with E-state index in [0.717, 1.165) is 23.0 Å². The number of aromatic hydroxyl groups is 1. The van der Waals surface area contributed by atoms with Gasteiger partial charge in [-0.1, -0.05) is 48.5 Å². The van der Waals surface area contributed by atoms with Crippen LogP contribution in [0, 0.1) is 0 Å². The summed E-state index contributed by atoms with van der Waals surface area (Å²) in [7, 11) is 0. The van der Waals surface area contributed by atoms with Gasteiger partial charge >= 0.3 is 5.63 Å². The van der Waals surface area contributed by atoms with Crippen molar-refractivity contribution in [2.75, 3.05) is 6.54 Å². The average molecular weight is 411 g/mol. The zero-order chi connectivity index (χ0) is 21.2. The highest BCUT2D eigenvalue weighted by atomic mass is 16.4. The Balaban J connectivity index is 1.45. The molecule has 0 saturated carbocycles. The summed E-state index contributed by atoms with van der Waals surface area (Å²) < 4.78 is 5.25. The molecule has 2 aromatic heterocycles. The molecule has 0 radical (unpaired) electrons. The van der Waals surface area contributed by atoms with Crippen molar-refractivity contribution in [2.24, 2.45) is 0 Å². The van der Waals surface area contributed by atoms with Crippen LogP contribution in [-0.2, 0) is 6.54 Å². The molecule has 0 spiro atoms. The number of hydrogen-bond acceptors (Lipinski definition) is 3. The number of fused-ring (bicyclic) bond motifs is 2. The van der Waals surface area contributed by atoms with E-state index in [1.54, 1.807) is 18.2 Å². The molecule has 5 nitrogen and oxygen atoms in total. The van der Waals surface area contributed by atoms with E-state index in [1.165, 1.54) is 22.6 Å². The monoisotopic (exact) mass is 411 g/mol. The molecular formula is C26H23N2O3+. The standard InChI is InChI=1S/C26H22N2O3/c29-19-10-11-20-18(12-26(30)31-25(20)13-19)14-27-15-22(17-6-2-1-3-7-17)23-16-28-24-9-5-4-8-21(23)24/h1-13,16,22,27-29H,14-15H2/p+1/t22-/m0/s1. The number of phenolic OH excluding ortho intramolecular Hbond substituents is 1. The van der Waals surface area contributed by atoms with Crippen molar-refractivity contribution in [1.82, 2.24) is 4.98 Å². The number of aromatic amines is 1. The van der Waals surface area contributed by atoms with Crippen molar-refractivity contribution >= 4 is 21.9 Å². The fourth-order valence-corrected chi connectivity index (χ4v) is 4.30. The number of para-hydroxylation sites is 1. The van der Waals surface area contributed by atoms with Crippen molar-refractivity contribution < 1.29 is 14.8 Å². The number of benzene rings is 3. The lowest BCUT2D eigenvalue weighted by molar-refractivity contribution is -0.671. The van der Waals surface area contributed by atoms with Gasteiger partial charge in [0, 0.05) is 40.2 Å². The molecule has 31 heavy (non-hydrogen) atoms. The van der Waals surface area contributed by atoms with Crippen molar-refractivity contribution in [3.8, 4) is 5.75 Å². The van der Waals surface area contributed by atoms with E-state index in [-0.39, 0.29) is 11.7 Å². The van der Waals surface area contributed by atoms with Crippen molar-refractivity contribution in [3.63, 3.8) is 0 Å². The summed E-state index contributed by atoms with van der Waals surface area (Å²) in [6.07, 6.45) is 2.10. The molecule has 3 aromatic carbocycles. The maximum atomic E-state index is 12.0. The Morgan fingerprint density at radius 2 is 1.74 bits per heavy atom. The van der Waals surface area contributed by atoms with E-state index >= 15 is 0 Å². The average Bonchev–Trinajstić information content (AvgIpc) is 3.21. The Morgan fingerprint density at radius 1 is 0.935 bits per heavy atom. The second-order valence-electron chi connectivity index (χ2n) is 7.75. The molecule has 2 heterocycles. The van der Waals surface area contributed by atoms with Crippen molar-refractivity contribution in [2.45, 2.75) is 12.5 Å². The topological polar surface area (TPSA) is 82.8 Å². The molecule has 0 saturated heterocycles. The van der Waals surface area contributed by atoms with Crippen LogP contribution in [0.4, 0.5) is 0 Å². The van der Waals surface area contributed by atoms with Gasteiger partial charge < -0.3 is 19.8 Å². The van der Waals surface area contributed by atoms with Gasteiger partial charge in [-0.15, -0.1) is 0 Å². The summed E-state index contributed by atoms with van der Waals surface area (Å²) >= 11 is 0. The van der Waals surface area contributed by atoms with Gasteiger partial charge in [0.2, 0.25) is 0 Å². The van der Waals surface area contributed by atoms with Crippen LogP contribution in [0.2, 0.25) is 0 Å². The first kappa shape index (κ1) is 19.2. The first-order valence-corrected chi connectivity index (χ1v) is 10.4. The number of aromatic nitrogens is 1. The van der Waals surface area contributed by atoms with E-state index in [2.05, 4.69) is 59.0 Å². The van der Waals surface area contributed by atoms with Crippen molar-refractivity contribution in [3.05, 3.63) is 112 Å². The molecule has 0 bridgehead atoms. The number of quaternary nitrogens is 1. The second kappa shape index (κ2) is 8.13. The molecule has 5 heteroatoms. The van der Waals surface area contributed by atoms with Gasteiger partial charge in [0.15, 0.2) is 0 Å². The highest BCUT2D eigenvalue weighted by molar-refractivity contribution is 5.84. The van der Waals surface area contributed by atoms with Crippen LogP contribution in [0.25, 0.3) is 21.9 Å². The summed E-state index contributed by atoms with van der Waals surface area (Å²) in [4.78, 5) is 15.4. The molecule has 4 N–H and O–H groups in total. The van der Waals surface area contributed by atoms with E-state index in [9.17, 15) is 9.90 Å². The summed E-state index contributed by atoms with van der Waals surface area (Å²) in [6, 6.07) is 25.3. The predicted molar refractivity (Wildman–Crippen MR) is 121 cm³/mol. The quantitative estimate of drug-likeness (QED) is 0.371. The van der Waals surface area contributed by atoms with Crippen LogP contribution >= 0.6 is 0 Å². The SMILES string of the molecule is O=c1cc(C[NH2+]C[C@@H](c2ccccc2)c2c[nH]c3ccccc23)c2ccc(O)cc2o1. The Bertz CT molecular complexity index is 1400. The number of phenols is 1. The van der Waals surface area contributed by atoms with E-state index in [4.69, 9.17) is 4.42 Å². The smallest absolute Gasteiger partial charge is 0.336 e. The number of H-pyrrole nitrogens is 1. The van der Waals surface area contributed by atoms with Gasteiger partial charge in [-0.2, -0.15) is 0 Å². The van der Waals surface area contributed by atoms with Crippen LogP contribution in [0.15, 0.2) is 94.3 Å². The minimum absolute atomic E-state index is 0.0836. The first-order valence-electron chi connectivity index (χ1n) is 10.4. The number of nitrogens with one attached hydrogen (secondary N) is 1. The van der Waals surface area contributed by atoms with Gasteiger partial charge in [0.25, 0.3) is 0 Å².